The van der Waals surface area contributed by atoms with Crippen LogP contribution in [0.25, 0.3) is 0 Å². The van der Waals surface area contributed by atoms with Crippen molar-refractivity contribution in [1.82, 2.24) is 0 Å². The van der Waals surface area contributed by atoms with Crippen molar-refractivity contribution in [1.29, 1.82) is 0 Å². The summed E-state index contributed by atoms with van der Waals surface area (Å²) in [5, 5.41) is 21.1. The van der Waals surface area contributed by atoms with Gasteiger partial charge in [-0.15, -0.1) is 0 Å². The highest BCUT2D eigenvalue weighted by Gasteiger charge is 2.36. The fraction of sp³-hybridized carbons (Fsp3) is 0.385. The number of hydrogen-bond donors (Lipinski definition) is 4. The molecule has 1 aliphatic rings. The Labute approximate surface area is 115 Å². The standard InChI is InChI=1S/C13H16N2O5/c14-13(3-5-20-6-4-13)12(19)15-9-7-8(11(17)18)1-2-10(9)16/h1-2,7,16H,3-6,14H2,(H,15,19)(H,17,18). The van der Waals surface area contributed by atoms with E-state index >= 15 is 0 Å². The molecular weight excluding hydrogens is 264 g/mol. The van der Waals surface area contributed by atoms with Gasteiger partial charge in [0.1, 0.15) is 11.3 Å². The average molecular weight is 280 g/mol. The minimum atomic E-state index is -1.14. The van der Waals surface area contributed by atoms with E-state index in [1.165, 1.54) is 18.2 Å². The average Bonchev–Trinajstić information content (AvgIpc) is 2.41. The molecule has 0 bridgehead atoms. The van der Waals surface area contributed by atoms with Gasteiger partial charge in [0.25, 0.3) is 0 Å². The molecule has 0 unspecified atom stereocenters. The second-order valence-electron chi connectivity index (χ2n) is 4.76. The van der Waals surface area contributed by atoms with E-state index in [0.717, 1.165) is 0 Å². The Bertz CT molecular complexity index is 538. The van der Waals surface area contributed by atoms with Gasteiger partial charge in [-0.2, -0.15) is 0 Å². The second kappa shape index (κ2) is 5.48. The summed E-state index contributed by atoms with van der Waals surface area (Å²) < 4.78 is 5.15. The molecule has 108 valence electrons. The van der Waals surface area contributed by atoms with Crippen molar-refractivity contribution >= 4 is 17.6 Å². The summed E-state index contributed by atoms with van der Waals surface area (Å²) in [5.41, 5.74) is 4.95. The number of aromatic hydroxyl groups is 1. The Hall–Kier alpha value is -2.12. The van der Waals surface area contributed by atoms with Crippen molar-refractivity contribution in [3.8, 4) is 5.75 Å². The lowest BCUT2D eigenvalue weighted by Crippen LogP contribution is -2.54. The van der Waals surface area contributed by atoms with E-state index in [-0.39, 0.29) is 17.0 Å². The van der Waals surface area contributed by atoms with Crippen LogP contribution in [0.4, 0.5) is 5.69 Å². The largest absolute Gasteiger partial charge is 0.506 e. The highest BCUT2D eigenvalue weighted by atomic mass is 16.5. The number of carbonyl (C=O) groups excluding carboxylic acids is 1. The van der Waals surface area contributed by atoms with E-state index in [9.17, 15) is 14.7 Å². The van der Waals surface area contributed by atoms with E-state index in [1.54, 1.807) is 0 Å². The van der Waals surface area contributed by atoms with Crippen molar-refractivity contribution < 1.29 is 24.5 Å². The summed E-state index contributed by atoms with van der Waals surface area (Å²) in [4.78, 5) is 23.1. The quantitative estimate of drug-likeness (QED) is 0.599. The Balaban J connectivity index is 2.18. The zero-order valence-electron chi connectivity index (χ0n) is 10.8. The van der Waals surface area contributed by atoms with Gasteiger partial charge in [-0.05, 0) is 31.0 Å². The number of aromatic carboxylic acids is 1. The molecule has 7 nitrogen and oxygen atoms in total. The first-order chi connectivity index (χ1) is 9.42. The summed E-state index contributed by atoms with van der Waals surface area (Å²) in [6.45, 7) is 0.788. The minimum Gasteiger partial charge on any atom is -0.506 e. The number of carboxylic acid groups (broad SMARTS) is 1. The number of nitrogens with two attached hydrogens (primary N) is 1. The summed E-state index contributed by atoms with van der Waals surface area (Å²) >= 11 is 0. The fourth-order valence-corrected chi connectivity index (χ4v) is 1.98. The summed E-state index contributed by atoms with van der Waals surface area (Å²) in [5.74, 6) is -1.81. The van der Waals surface area contributed by atoms with Gasteiger partial charge in [-0.25, -0.2) is 4.79 Å². The number of ether oxygens (including phenoxy) is 1. The zero-order valence-corrected chi connectivity index (χ0v) is 10.8. The van der Waals surface area contributed by atoms with Gasteiger partial charge < -0.3 is 26.0 Å². The van der Waals surface area contributed by atoms with Gasteiger partial charge in [-0.3, -0.25) is 4.79 Å². The maximum Gasteiger partial charge on any atom is 0.335 e. The predicted octanol–water partition coefficient (Wildman–Crippen LogP) is 0.537. The molecule has 2 rings (SSSR count). The van der Waals surface area contributed by atoms with E-state index in [0.29, 0.717) is 26.1 Å². The first-order valence-electron chi connectivity index (χ1n) is 6.17. The molecule has 1 amide bonds. The topological polar surface area (TPSA) is 122 Å². The molecule has 0 atom stereocenters. The van der Waals surface area contributed by atoms with Crippen LogP contribution >= 0.6 is 0 Å². The van der Waals surface area contributed by atoms with E-state index in [1.807, 2.05) is 0 Å². The van der Waals surface area contributed by atoms with Gasteiger partial charge in [0.05, 0.1) is 11.3 Å². The molecule has 0 aromatic heterocycles. The SMILES string of the molecule is NC1(C(=O)Nc2cc(C(=O)O)ccc2O)CCOCC1. The monoisotopic (exact) mass is 280 g/mol. The van der Waals surface area contributed by atoms with Gasteiger partial charge >= 0.3 is 5.97 Å². The molecule has 0 aliphatic carbocycles. The van der Waals surface area contributed by atoms with E-state index in [2.05, 4.69) is 5.32 Å². The molecule has 5 N–H and O–H groups in total. The molecule has 7 heteroatoms. The van der Waals surface area contributed by atoms with Crippen LogP contribution < -0.4 is 11.1 Å². The van der Waals surface area contributed by atoms with Gasteiger partial charge in [-0.1, -0.05) is 0 Å². The van der Waals surface area contributed by atoms with Crippen molar-refractivity contribution in [3.05, 3.63) is 23.8 Å². The highest BCUT2D eigenvalue weighted by molar-refractivity contribution is 6.00. The third-order valence-corrected chi connectivity index (χ3v) is 3.33. The third kappa shape index (κ3) is 2.89. The number of rotatable bonds is 3. The zero-order chi connectivity index (χ0) is 14.8. The Morgan fingerprint density at radius 2 is 1.95 bits per heavy atom. The molecule has 1 fully saturated rings. The van der Waals surface area contributed by atoms with Crippen molar-refractivity contribution in [2.45, 2.75) is 18.4 Å². The van der Waals surface area contributed by atoms with Crippen LogP contribution in [-0.4, -0.2) is 40.8 Å². The number of benzene rings is 1. The molecule has 0 saturated carbocycles. The molecule has 0 radical (unpaired) electrons. The third-order valence-electron chi connectivity index (χ3n) is 3.33. The Morgan fingerprint density at radius 1 is 1.30 bits per heavy atom. The fourth-order valence-electron chi connectivity index (χ4n) is 1.98. The van der Waals surface area contributed by atoms with Gasteiger partial charge in [0.15, 0.2) is 0 Å². The van der Waals surface area contributed by atoms with Crippen molar-refractivity contribution in [3.63, 3.8) is 0 Å². The number of carboxylic acids is 1. The molecule has 1 aromatic rings. The number of phenolic OH excluding ortho intramolecular Hbond substituents is 1. The Morgan fingerprint density at radius 3 is 2.55 bits per heavy atom. The smallest absolute Gasteiger partial charge is 0.335 e. The number of hydrogen-bond acceptors (Lipinski definition) is 5. The van der Waals surface area contributed by atoms with Crippen LogP contribution in [0.1, 0.15) is 23.2 Å². The molecule has 1 aromatic carbocycles. The van der Waals surface area contributed by atoms with Crippen molar-refractivity contribution in [2.24, 2.45) is 5.73 Å². The van der Waals surface area contributed by atoms with Gasteiger partial charge in [0.2, 0.25) is 5.91 Å². The number of nitrogens with one attached hydrogen (secondary N) is 1. The molecule has 1 saturated heterocycles. The number of carbonyl (C=O) groups is 2. The summed E-state index contributed by atoms with van der Waals surface area (Å²) in [7, 11) is 0. The van der Waals surface area contributed by atoms with Crippen LogP contribution in [0.15, 0.2) is 18.2 Å². The summed E-state index contributed by atoms with van der Waals surface area (Å²) in [6.07, 6.45) is 0.746. The van der Waals surface area contributed by atoms with Crippen LogP contribution in [0, 0.1) is 0 Å². The van der Waals surface area contributed by atoms with Crippen molar-refractivity contribution in [2.75, 3.05) is 18.5 Å². The van der Waals surface area contributed by atoms with E-state index < -0.39 is 17.4 Å². The van der Waals surface area contributed by atoms with E-state index in [4.69, 9.17) is 15.6 Å². The molecule has 1 heterocycles. The highest BCUT2D eigenvalue weighted by Crippen LogP contribution is 2.27. The lowest BCUT2D eigenvalue weighted by atomic mass is 9.90. The molecule has 0 spiro atoms. The maximum absolute atomic E-state index is 12.2. The lowest BCUT2D eigenvalue weighted by molar-refractivity contribution is -0.124. The number of anilines is 1. The first kappa shape index (κ1) is 14.3. The number of amides is 1. The Kier molecular flexibility index (Phi) is 3.91. The van der Waals surface area contributed by atoms with Crippen LogP contribution in [0.2, 0.25) is 0 Å². The second-order valence-corrected chi connectivity index (χ2v) is 4.76. The predicted molar refractivity (Wildman–Crippen MR) is 70.7 cm³/mol. The maximum atomic E-state index is 12.2. The number of phenols is 1. The molecular formula is C13H16N2O5. The minimum absolute atomic E-state index is 0.0313. The van der Waals surface area contributed by atoms with Gasteiger partial charge in [0, 0.05) is 13.2 Å². The molecule has 20 heavy (non-hydrogen) atoms. The van der Waals surface area contributed by atoms with Crippen LogP contribution in [0.3, 0.4) is 0 Å². The van der Waals surface area contributed by atoms with Crippen LogP contribution in [-0.2, 0) is 9.53 Å². The lowest BCUT2D eigenvalue weighted by Gasteiger charge is -2.31. The normalized spacial score (nSPS) is 17.4. The van der Waals surface area contributed by atoms with Crippen LogP contribution in [0.5, 0.6) is 5.75 Å². The first-order valence-corrected chi connectivity index (χ1v) is 6.17. The molecule has 1 aliphatic heterocycles. The summed E-state index contributed by atoms with van der Waals surface area (Å²) in [6, 6.07) is 3.66.